The smallest absolute Gasteiger partial charge is 0.252 e. The molecule has 0 bridgehead atoms. The first-order valence-corrected chi connectivity index (χ1v) is 5.92. The van der Waals surface area contributed by atoms with E-state index in [4.69, 9.17) is 5.26 Å². The fraction of sp³-hybridized carbons (Fsp3) is 0.333. The number of benzene rings is 1. The number of rotatable bonds is 4. The molecule has 0 aliphatic carbocycles. The van der Waals surface area contributed by atoms with Crippen LogP contribution in [0.15, 0.2) is 28.7 Å². The van der Waals surface area contributed by atoms with Crippen LogP contribution in [0.5, 0.6) is 0 Å². The van der Waals surface area contributed by atoms with Crippen LogP contribution in [-0.2, 0) is 0 Å². The number of carbonyl (C=O) groups is 1. The Morgan fingerprint density at radius 2 is 2.12 bits per heavy atom. The quantitative estimate of drug-likeness (QED) is 0.922. The van der Waals surface area contributed by atoms with E-state index < -0.39 is 6.04 Å². The summed E-state index contributed by atoms with van der Waals surface area (Å²) in [6.07, 6.45) is 1.55. The molecule has 84 valence electrons. The molecule has 0 aromatic heterocycles. The van der Waals surface area contributed by atoms with E-state index >= 15 is 0 Å². The topological polar surface area (TPSA) is 52.9 Å². The van der Waals surface area contributed by atoms with Crippen molar-refractivity contribution in [1.29, 1.82) is 5.26 Å². The SMILES string of the molecule is CCCC(C#N)NC(=O)c1ccc(Br)cc1. The first kappa shape index (κ1) is 12.7. The highest BCUT2D eigenvalue weighted by atomic mass is 79.9. The van der Waals surface area contributed by atoms with Crippen molar-refractivity contribution in [2.45, 2.75) is 25.8 Å². The molecule has 1 atom stereocenters. The van der Waals surface area contributed by atoms with Crippen LogP contribution < -0.4 is 5.32 Å². The molecule has 1 N–H and O–H groups in total. The summed E-state index contributed by atoms with van der Waals surface area (Å²) < 4.78 is 0.925. The van der Waals surface area contributed by atoms with E-state index in [1.165, 1.54) is 0 Å². The van der Waals surface area contributed by atoms with E-state index in [1.807, 2.05) is 6.92 Å². The summed E-state index contributed by atoms with van der Waals surface area (Å²) in [7, 11) is 0. The maximum atomic E-state index is 11.7. The lowest BCUT2D eigenvalue weighted by Crippen LogP contribution is -2.33. The number of halogens is 1. The molecule has 0 aliphatic heterocycles. The minimum atomic E-state index is -0.402. The number of nitriles is 1. The Morgan fingerprint density at radius 1 is 1.50 bits per heavy atom. The molecule has 0 aliphatic rings. The van der Waals surface area contributed by atoms with Gasteiger partial charge in [-0.3, -0.25) is 4.79 Å². The van der Waals surface area contributed by atoms with E-state index in [2.05, 4.69) is 27.3 Å². The van der Waals surface area contributed by atoms with Gasteiger partial charge in [0.05, 0.1) is 6.07 Å². The maximum Gasteiger partial charge on any atom is 0.252 e. The molecular weight excluding hydrogens is 268 g/mol. The van der Waals surface area contributed by atoms with Gasteiger partial charge in [-0.05, 0) is 30.7 Å². The van der Waals surface area contributed by atoms with Crippen LogP contribution in [0, 0.1) is 11.3 Å². The van der Waals surface area contributed by atoms with Gasteiger partial charge in [-0.15, -0.1) is 0 Å². The minimum Gasteiger partial charge on any atom is -0.336 e. The average Bonchev–Trinajstić information content (AvgIpc) is 2.29. The Labute approximate surface area is 104 Å². The minimum absolute atomic E-state index is 0.201. The summed E-state index contributed by atoms with van der Waals surface area (Å²) in [6, 6.07) is 8.72. The number of nitrogens with one attached hydrogen (secondary N) is 1. The van der Waals surface area contributed by atoms with Crippen molar-refractivity contribution in [2.24, 2.45) is 0 Å². The van der Waals surface area contributed by atoms with Gasteiger partial charge in [0.1, 0.15) is 6.04 Å². The highest BCUT2D eigenvalue weighted by molar-refractivity contribution is 9.10. The zero-order valence-corrected chi connectivity index (χ0v) is 10.6. The summed E-state index contributed by atoms with van der Waals surface area (Å²) >= 11 is 3.30. The number of nitrogens with zero attached hydrogens (tertiary/aromatic N) is 1. The van der Waals surface area contributed by atoms with Crippen molar-refractivity contribution >= 4 is 21.8 Å². The van der Waals surface area contributed by atoms with Crippen LogP contribution in [-0.4, -0.2) is 11.9 Å². The zero-order valence-electron chi connectivity index (χ0n) is 9.03. The summed E-state index contributed by atoms with van der Waals surface area (Å²) in [5.74, 6) is -0.201. The number of hydrogen-bond acceptors (Lipinski definition) is 2. The van der Waals surface area contributed by atoms with E-state index in [0.29, 0.717) is 12.0 Å². The summed E-state index contributed by atoms with van der Waals surface area (Å²) in [5.41, 5.74) is 0.569. The second kappa shape index (κ2) is 6.29. The summed E-state index contributed by atoms with van der Waals surface area (Å²) in [6.45, 7) is 1.98. The normalized spacial score (nSPS) is 11.6. The van der Waals surface area contributed by atoms with Gasteiger partial charge >= 0.3 is 0 Å². The van der Waals surface area contributed by atoms with Gasteiger partial charge in [-0.25, -0.2) is 0 Å². The molecule has 0 heterocycles. The van der Waals surface area contributed by atoms with Gasteiger partial charge in [-0.2, -0.15) is 5.26 Å². The Bertz CT molecular complexity index is 394. The van der Waals surface area contributed by atoms with Crippen molar-refractivity contribution in [3.8, 4) is 6.07 Å². The molecule has 1 rings (SSSR count). The van der Waals surface area contributed by atoms with Gasteiger partial charge in [0.15, 0.2) is 0 Å². The molecule has 1 unspecified atom stereocenters. The third-order valence-corrected chi connectivity index (χ3v) is 2.67. The predicted octanol–water partition coefficient (Wildman–Crippen LogP) is 2.87. The molecule has 16 heavy (non-hydrogen) atoms. The molecule has 0 fully saturated rings. The molecule has 1 aromatic rings. The van der Waals surface area contributed by atoms with Crippen molar-refractivity contribution < 1.29 is 4.79 Å². The highest BCUT2D eigenvalue weighted by Crippen LogP contribution is 2.10. The van der Waals surface area contributed by atoms with E-state index in [0.717, 1.165) is 10.9 Å². The van der Waals surface area contributed by atoms with Crippen LogP contribution in [0.1, 0.15) is 30.1 Å². The van der Waals surface area contributed by atoms with Gasteiger partial charge < -0.3 is 5.32 Å². The molecular formula is C12H13BrN2O. The fourth-order valence-electron chi connectivity index (χ4n) is 1.30. The highest BCUT2D eigenvalue weighted by Gasteiger charge is 2.11. The summed E-state index contributed by atoms with van der Waals surface area (Å²) in [5, 5.41) is 11.5. The second-order valence-electron chi connectivity index (χ2n) is 3.45. The van der Waals surface area contributed by atoms with Crippen molar-refractivity contribution in [3.05, 3.63) is 34.3 Å². The van der Waals surface area contributed by atoms with Crippen molar-refractivity contribution in [1.82, 2.24) is 5.32 Å². The summed E-state index contributed by atoms with van der Waals surface area (Å²) in [4.78, 5) is 11.7. The first-order chi connectivity index (χ1) is 7.67. The third-order valence-electron chi connectivity index (χ3n) is 2.14. The van der Waals surface area contributed by atoms with Gasteiger partial charge in [-0.1, -0.05) is 29.3 Å². The number of amides is 1. The Morgan fingerprint density at radius 3 is 2.62 bits per heavy atom. The molecule has 0 radical (unpaired) electrons. The lowest BCUT2D eigenvalue weighted by atomic mass is 10.1. The van der Waals surface area contributed by atoms with Crippen LogP contribution in [0.2, 0.25) is 0 Å². The van der Waals surface area contributed by atoms with Crippen LogP contribution in [0.25, 0.3) is 0 Å². The predicted molar refractivity (Wildman–Crippen MR) is 65.9 cm³/mol. The van der Waals surface area contributed by atoms with Gasteiger partial charge in [0, 0.05) is 10.0 Å². The number of hydrogen-bond donors (Lipinski definition) is 1. The van der Waals surface area contributed by atoms with E-state index in [1.54, 1.807) is 24.3 Å². The van der Waals surface area contributed by atoms with Crippen molar-refractivity contribution in [3.63, 3.8) is 0 Å². The standard InChI is InChI=1S/C12H13BrN2O/c1-2-3-11(8-14)15-12(16)9-4-6-10(13)7-5-9/h4-7,11H,2-3H2,1H3,(H,15,16). The molecule has 0 saturated carbocycles. The zero-order chi connectivity index (χ0) is 12.0. The Balaban J connectivity index is 2.65. The Hall–Kier alpha value is -1.34. The van der Waals surface area contributed by atoms with E-state index in [9.17, 15) is 4.79 Å². The monoisotopic (exact) mass is 280 g/mol. The van der Waals surface area contributed by atoms with E-state index in [-0.39, 0.29) is 5.91 Å². The largest absolute Gasteiger partial charge is 0.336 e. The third kappa shape index (κ3) is 3.67. The van der Waals surface area contributed by atoms with Crippen LogP contribution in [0.3, 0.4) is 0 Å². The molecule has 1 aromatic carbocycles. The molecule has 4 heteroatoms. The molecule has 0 spiro atoms. The lowest BCUT2D eigenvalue weighted by molar-refractivity contribution is 0.0944. The molecule has 3 nitrogen and oxygen atoms in total. The Kier molecular flexibility index (Phi) is 5.00. The average molecular weight is 281 g/mol. The first-order valence-electron chi connectivity index (χ1n) is 5.13. The van der Waals surface area contributed by atoms with Crippen molar-refractivity contribution in [2.75, 3.05) is 0 Å². The van der Waals surface area contributed by atoms with Gasteiger partial charge in [0.2, 0.25) is 0 Å². The molecule has 0 saturated heterocycles. The maximum absolute atomic E-state index is 11.7. The second-order valence-corrected chi connectivity index (χ2v) is 4.37. The van der Waals surface area contributed by atoms with Gasteiger partial charge in [0.25, 0.3) is 5.91 Å². The van der Waals surface area contributed by atoms with Crippen LogP contribution >= 0.6 is 15.9 Å². The fourth-order valence-corrected chi connectivity index (χ4v) is 1.56. The van der Waals surface area contributed by atoms with Crippen LogP contribution in [0.4, 0.5) is 0 Å². The lowest BCUT2D eigenvalue weighted by Gasteiger charge is -2.10. The number of carbonyl (C=O) groups excluding carboxylic acids is 1. The molecule has 1 amide bonds.